The maximum Gasteiger partial charge on any atom is 0 e. The minimum Gasteiger partial charge on any atom is -0.854 e. The Bertz CT molecular complexity index is 68.5. The van der Waals surface area contributed by atoms with Gasteiger partial charge in [0.2, 0.25) is 0 Å². The van der Waals surface area contributed by atoms with E-state index in [0.29, 0.717) is 0 Å². The topological polar surface area (TPSA) is 138 Å². The molecule has 0 aliphatic heterocycles. The fraction of sp³-hybridized carbons (Fsp3) is 1.00. The summed E-state index contributed by atoms with van der Waals surface area (Å²) in [7, 11) is 0. The van der Waals surface area contributed by atoms with Crippen molar-refractivity contribution in [2.45, 2.75) is 80.1 Å². The molecule has 0 aromatic carbocycles. The van der Waals surface area contributed by atoms with Gasteiger partial charge in [0.15, 0.2) is 0 Å². The van der Waals surface area contributed by atoms with Crippen LogP contribution < -0.4 is 30.6 Å². The Kier molecular flexibility index (Phi) is 154. The molecule has 0 spiro atoms. The monoisotopic (exact) mass is 444 g/mol. The van der Waals surface area contributed by atoms with E-state index in [1.165, 1.54) is 0 Å². The van der Waals surface area contributed by atoms with Crippen LogP contribution in [0.4, 0.5) is 0 Å². The van der Waals surface area contributed by atoms with E-state index >= 15 is 0 Å². The normalized spacial score (nSPS) is 7.20. The summed E-state index contributed by atoms with van der Waals surface area (Å²) in [5.41, 5.74) is 0. The van der Waals surface area contributed by atoms with Gasteiger partial charge in [-0.3, -0.25) is 0 Å². The van der Waals surface area contributed by atoms with Gasteiger partial charge in [-0.25, -0.2) is 0 Å². The average Bonchev–Trinajstić information content (AvgIpc) is 2.68. The van der Waals surface area contributed by atoms with E-state index in [4.69, 9.17) is 0 Å². The first kappa shape index (κ1) is 44.8. The predicted molar refractivity (Wildman–Crippen MR) is 90.9 cm³/mol. The molecule has 7 heteroatoms. The molecule has 0 aliphatic rings. The maximum atomic E-state index is 9.30. The van der Waals surface area contributed by atoms with Gasteiger partial charge in [-0.15, -0.1) is 39.6 Å². The van der Waals surface area contributed by atoms with Crippen molar-refractivity contribution in [3.63, 3.8) is 0 Å². The molecule has 0 fully saturated rings. The van der Waals surface area contributed by atoms with Crippen LogP contribution in [-0.4, -0.2) is 39.6 Å². The van der Waals surface area contributed by atoms with Gasteiger partial charge in [-0.1, -0.05) is 80.1 Å². The Morgan fingerprint density at radius 2 is 0.360 bits per heavy atom. The summed E-state index contributed by atoms with van der Waals surface area (Å²) in [6, 6.07) is 0. The fourth-order valence-corrected chi connectivity index (χ4v) is 0. The third-order valence-corrected chi connectivity index (χ3v) is 1.22. The standard InChI is InChI=1S/6C3H7O.Zr/c6*1-2-3-4;/h6*2-3H2,1H3;/q6*-1;. The minimum atomic E-state index is 0. The molecular weight excluding hydrogens is 403 g/mol. The van der Waals surface area contributed by atoms with Crippen LogP contribution in [0.2, 0.25) is 0 Å². The Labute approximate surface area is 176 Å². The van der Waals surface area contributed by atoms with Crippen LogP contribution in [-0.2, 0) is 26.2 Å². The van der Waals surface area contributed by atoms with E-state index in [-0.39, 0.29) is 65.8 Å². The molecular formula is C18H42O6Zr-6. The van der Waals surface area contributed by atoms with E-state index in [9.17, 15) is 30.6 Å². The summed E-state index contributed by atoms with van der Waals surface area (Å²) in [4.78, 5) is 0. The predicted octanol–water partition coefficient (Wildman–Crippen LogP) is -1.46. The Balaban J connectivity index is -0.0000000309. The number of rotatable bonds is 6. The molecule has 0 aromatic heterocycles. The van der Waals surface area contributed by atoms with Gasteiger partial charge in [0.25, 0.3) is 0 Å². The summed E-state index contributed by atoms with van der Waals surface area (Å²) in [6.45, 7) is 11.6. The summed E-state index contributed by atoms with van der Waals surface area (Å²) in [5, 5.41) is 55.8. The first-order valence-corrected chi connectivity index (χ1v) is 8.97. The van der Waals surface area contributed by atoms with Crippen LogP contribution in [0.5, 0.6) is 0 Å². The molecule has 0 radical (unpaired) electrons. The second-order valence-electron chi connectivity index (χ2n) is 4.22. The van der Waals surface area contributed by atoms with Gasteiger partial charge in [-0.2, -0.15) is 0 Å². The third kappa shape index (κ3) is 286. The van der Waals surface area contributed by atoms with Gasteiger partial charge < -0.3 is 30.6 Å². The maximum absolute atomic E-state index is 9.30. The van der Waals surface area contributed by atoms with Crippen molar-refractivity contribution in [3.05, 3.63) is 0 Å². The molecule has 0 aromatic rings. The number of hydrogen-bond donors (Lipinski definition) is 0. The van der Waals surface area contributed by atoms with Crippen molar-refractivity contribution in [3.8, 4) is 0 Å². The van der Waals surface area contributed by atoms with Crippen molar-refractivity contribution >= 4 is 0 Å². The Hall–Kier alpha value is 0.643. The van der Waals surface area contributed by atoms with Crippen molar-refractivity contribution < 1.29 is 56.8 Å². The summed E-state index contributed by atoms with van der Waals surface area (Å²) < 4.78 is 0. The minimum absolute atomic E-state index is 0. The molecule has 0 bridgehead atoms. The van der Waals surface area contributed by atoms with Crippen LogP contribution in [0.25, 0.3) is 0 Å². The van der Waals surface area contributed by atoms with Crippen LogP contribution in [0, 0.1) is 0 Å². The van der Waals surface area contributed by atoms with E-state index in [1.54, 1.807) is 0 Å². The zero-order valence-electron chi connectivity index (χ0n) is 17.4. The molecule has 0 atom stereocenters. The van der Waals surface area contributed by atoms with E-state index in [1.807, 2.05) is 41.5 Å². The first-order chi connectivity index (χ1) is 11.5. The van der Waals surface area contributed by atoms with Crippen LogP contribution in [0.3, 0.4) is 0 Å². The van der Waals surface area contributed by atoms with E-state index < -0.39 is 0 Å². The molecule has 6 nitrogen and oxygen atoms in total. The van der Waals surface area contributed by atoms with Gasteiger partial charge in [0.05, 0.1) is 0 Å². The molecule has 160 valence electrons. The van der Waals surface area contributed by atoms with Crippen molar-refractivity contribution in [1.82, 2.24) is 0 Å². The Morgan fingerprint density at radius 3 is 0.360 bits per heavy atom. The largest absolute Gasteiger partial charge is 0.854 e. The average molecular weight is 446 g/mol. The van der Waals surface area contributed by atoms with Gasteiger partial charge in [-0.05, 0) is 0 Å². The van der Waals surface area contributed by atoms with Crippen molar-refractivity contribution in [1.29, 1.82) is 0 Å². The molecule has 0 N–H and O–H groups in total. The van der Waals surface area contributed by atoms with Crippen LogP contribution in [0.15, 0.2) is 0 Å². The van der Waals surface area contributed by atoms with E-state index in [2.05, 4.69) is 0 Å². The van der Waals surface area contributed by atoms with E-state index in [0.717, 1.165) is 38.5 Å². The van der Waals surface area contributed by atoms with Gasteiger partial charge in [0.1, 0.15) is 0 Å². The SMILES string of the molecule is CCC[O-].CCC[O-].CCC[O-].CCC[O-].CCC[O-].CCC[O-].[Zr]. The summed E-state index contributed by atoms with van der Waals surface area (Å²) >= 11 is 0. The first-order valence-electron chi connectivity index (χ1n) is 8.97. The molecule has 0 unspecified atom stereocenters. The zero-order valence-corrected chi connectivity index (χ0v) is 19.9. The second-order valence-corrected chi connectivity index (χ2v) is 4.22. The number of hydrogen-bond acceptors (Lipinski definition) is 6. The molecule has 0 saturated heterocycles. The smallest absolute Gasteiger partial charge is 0 e. The zero-order chi connectivity index (χ0) is 20.5. The molecule has 0 amide bonds. The molecule has 0 saturated carbocycles. The second kappa shape index (κ2) is 86.2. The third-order valence-electron chi connectivity index (χ3n) is 1.22. The van der Waals surface area contributed by atoms with Crippen molar-refractivity contribution in [2.24, 2.45) is 0 Å². The summed E-state index contributed by atoms with van der Waals surface area (Å²) in [5.74, 6) is 0. The quantitative estimate of drug-likeness (QED) is 0.489. The van der Waals surface area contributed by atoms with Crippen LogP contribution in [0.1, 0.15) is 80.1 Å². The van der Waals surface area contributed by atoms with Gasteiger partial charge in [0, 0.05) is 26.2 Å². The Morgan fingerprint density at radius 1 is 0.320 bits per heavy atom. The van der Waals surface area contributed by atoms with Gasteiger partial charge >= 0.3 is 0 Å². The molecule has 0 heterocycles. The van der Waals surface area contributed by atoms with Crippen molar-refractivity contribution in [2.75, 3.05) is 39.6 Å². The van der Waals surface area contributed by atoms with Crippen LogP contribution >= 0.6 is 0 Å². The summed E-state index contributed by atoms with van der Waals surface area (Å²) in [6.07, 6.45) is 4.58. The molecule has 0 rings (SSSR count). The molecule has 25 heavy (non-hydrogen) atoms. The fourth-order valence-electron chi connectivity index (χ4n) is 0. The molecule has 0 aliphatic carbocycles.